The number of carbonyl (C=O) groups excluding carboxylic acids is 1. The third kappa shape index (κ3) is 4.42. The van der Waals surface area contributed by atoms with Gasteiger partial charge in [0.25, 0.3) is 10.0 Å². The third-order valence-electron chi connectivity index (χ3n) is 4.40. The summed E-state index contributed by atoms with van der Waals surface area (Å²) in [4.78, 5) is 14.3. The predicted molar refractivity (Wildman–Crippen MR) is 101 cm³/mol. The van der Waals surface area contributed by atoms with Crippen molar-refractivity contribution in [3.8, 4) is 5.75 Å². The first-order valence-corrected chi connectivity index (χ1v) is 10.1. The van der Waals surface area contributed by atoms with Crippen LogP contribution in [0.2, 0.25) is 0 Å². The second-order valence-corrected chi connectivity index (χ2v) is 8.02. The largest absolute Gasteiger partial charge is 0.497 e. The summed E-state index contributed by atoms with van der Waals surface area (Å²) in [6.45, 7) is 1.23. The Morgan fingerprint density at radius 2 is 1.71 bits per heavy atom. The first-order valence-electron chi connectivity index (χ1n) is 8.70. The van der Waals surface area contributed by atoms with Gasteiger partial charge in [-0.3, -0.25) is 9.10 Å². The van der Waals surface area contributed by atoms with Crippen molar-refractivity contribution in [3.63, 3.8) is 0 Å². The number of nitrogens with zero attached hydrogens (tertiary/aromatic N) is 2. The van der Waals surface area contributed by atoms with Crippen molar-refractivity contribution in [2.24, 2.45) is 0 Å². The van der Waals surface area contributed by atoms with Crippen LogP contribution in [-0.2, 0) is 19.6 Å². The van der Waals surface area contributed by atoms with E-state index in [4.69, 9.17) is 9.47 Å². The van der Waals surface area contributed by atoms with Crippen LogP contribution < -0.4 is 9.04 Å². The molecule has 1 saturated heterocycles. The molecule has 2 aromatic rings. The van der Waals surface area contributed by atoms with Crippen LogP contribution in [0.1, 0.15) is 0 Å². The van der Waals surface area contributed by atoms with Crippen LogP contribution in [0.15, 0.2) is 53.4 Å². The number of amides is 1. The summed E-state index contributed by atoms with van der Waals surface area (Å²) in [6, 6.07) is 10.9. The van der Waals surface area contributed by atoms with Crippen molar-refractivity contribution in [2.75, 3.05) is 44.3 Å². The van der Waals surface area contributed by atoms with Gasteiger partial charge in [-0.1, -0.05) is 0 Å². The maximum atomic E-state index is 13.3. The average Bonchev–Trinajstić information content (AvgIpc) is 2.73. The zero-order chi connectivity index (χ0) is 20.1. The lowest BCUT2D eigenvalue weighted by atomic mass is 10.3. The summed E-state index contributed by atoms with van der Waals surface area (Å²) in [5.74, 6) is -0.327. The monoisotopic (exact) mass is 408 g/mol. The Hall–Kier alpha value is -2.65. The molecule has 1 aliphatic heterocycles. The summed E-state index contributed by atoms with van der Waals surface area (Å²) >= 11 is 0. The number of rotatable bonds is 6. The number of anilines is 1. The molecule has 0 N–H and O–H groups in total. The van der Waals surface area contributed by atoms with E-state index in [-0.39, 0.29) is 23.0 Å². The molecule has 0 bridgehead atoms. The fourth-order valence-corrected chi connectivity index (χ4v) is 4.25. The molecule has 1 amide bonds. The molecule has 0 atom stereocenters. The minimum Gasteiger partial charge on any atom is -0.497 e. The summed E-state index contributed by atoms with van der Waals surface area (Å²) in [6.07, 6.45) is 0. The van der Waals surface area contributed by atoms with Gasteiger partial charge in [-0.2, -0.15) is 0 Å². The van der Waals surface area contributed by atoms with Gasteiger partial charge in [-0.15, -0.1) is 0 Å². The quantitative estimate of drug-likeness (QED) is 0.730. The SMILES string of the molecule is COc1ccc(S(=O)(=O)N(CC(=O)N2CCOCC2)c2ccc(F)cc2)cc1. The van der Waals surface area contributed by atoms with Gasteiger partial charge >= 0.3 is 0 Å². The lowest BCUT2D eigenvalue weighted by Crippen LogP contribution is -2.47. The molecule has 28 heavy (non-hydrogen) atoms. The van der Waals surface area contributed by atoms with Gasteiger partial charge in [0.1, 0.15) is 18.1 Å². The number of halogens is 1. The minimum atomic E-state index is -4.05. The highest BCUT2D eigenvalue weighted by atomic mass is 32.2. The number of carbonyl (C=O) groups is 1. The van der Waals surface area contributed by atoms with E-state index in [9.17, 15) is 17.6 Å². The van der Waals surface area contributed by atoms with E-state index in [0.717, 1.165) is 16.4 Å². The van der Waals surface area contributed by atoms with Crippen molar-refractivity contribution >= 4 is 21.6 Å². The van der Waals surface area contributed by atoms with E-state index in [2.05, 4.69) is 0 Å². The van der Waals surface area contributed by atoms with Gasteiger partial charge in [0.15, 0.2) is 0 Å². The van der Waals surface area contributed by atoms with Gasteiger partial charge in [-0.05, 0) is 48.5 Å². The fraction of sp³-hybridized carbons (Fsp3) is 0.316. The molecule has 3 rings (SSSR count). The minimum absolute atomic E-state index is 0.00685. The molecule has 1 aliphatic rings. The van der Waals surface area contributed by atoms with Crippen LogP contribution >= 0.6 is 0 Å². The van der Waals surface area contributed by atoms with Crippen molar-refractivity contribution < 1.29 is 27.1 Å². The lowest BCUT2D eigenvalue weighted by Gasteiger charge is -2.30. The van der Waals surface area contributed by atoms with Crippen LogP contribution in [0.5, 0.6) is 5.75 Å². The zero-order valence-corrected chi connectivity index (χ0v) is 16.2. The van der Waals surface area contributed by atoms with Crippen LogP contribution in [0.4, 0.5) is 10.1 Å². The third-order valence-corrected chi connectivity index (χ3v) is 6.19. The highest BCUT2D eigenvalue weighted by molar-refractivity contribution is 7.92. The fourth-order valence-electron chi connectivity index (χ4n) is 2.83. The van der Waals surface area contributed by atoms with E-state index >= 15 is 0 Å². The lowest BCUT2D eigenvalue weighted by molar-refractivity contribution is -0.133. The van der Waals surface area contributed by atoms with E-state index in [0.29, 0.717) is 32.1 Å². The van der Waals surface area contributed by atoms with Crippen LogP contribution in [-0.4, -0.2) is 59.2 Å². The molecule has 2 aromatic carbocycles. The molecule has 0 radical (unpaired) electrons. The summed E-state index contributed by atoms with van der Waals surface area (Å²) < 4.78 is 51.1. The normalized spacial score (nSPS) is 14.6. The smallest absolute Gasteiger partial charge is 0.264 e. The molecule has 0 spiro atoms. The van der Waals surface area contributed by atoms with E-state index in [1.54, 1.807) is 4.90 Å². The number of morpholine rings is 1. The molecule has 7 nitrogen and oxygen atoms in total. The zero-order valence-electron chi connectivity index (χ0n) is 15.4. The van der Waals surface area contributed by atoms with Gasteiger partial charge in [0, 0.05) is 13.1 Å². The summed E-state index contributed by atoms with van der Waals surface area (Å²) in [5, 5.41) is 0. The van der Waals surface area contributed by atoms with Crippen molar-refractivity contribution in [1.29, 1.82) is 0 Å². The molecule has 0 saturated carbocycles. The molecular weight excluding hydrogens is 387 g/mol. The Kier molecular flexibility index (Phi) is 6.15. The summed E-state index contributed by atoms with van der Waals surface area (Å²) in [5.41, 5.74) is 0.207. The molecule has 0 unspecified atom stereocenters. The maximum Gasteiger partial charge on any atom is 0.264 e. The number of hydrogen-bond acceptors (Lipinski definition) is 5. The van der Waals surface area contributed by atoms with Crippen LogP contribution in [0.25, 0.3) is 0 Å². The first kappa shape index (κ1) is 20.1. The molecule has 0 aliphatic carbocycles. The number of sulfonamides is 1. The molecule has 1 fully saturated rings. The van der Waals surface area contributed by atoms with E-state index in [1.165, 1.54) is 43.5 Å². The van der Waals surface area contributed by atoms with Gasteiger partial charge in [0.2, 0.25) is 5.91 Å². The highest BCUT2D eigenvalue weighted by Crippen LogP contribution is 2.25. The van der Waals surface area contributed by atoms with Crippen molar-refractivity contribution in [2.45, 2.75) is 4.90 Å². The Balaban J connectivity index is 1.94. The Morgan fingerprint density at radius 3 is 2.29 bits per heavy atom. The van der Waals surface area contributed by atoms with E-state index in [1.807, 2.05) is 0 Å². The van der Waals surface area contributed by atoms with Gasteiger partial charge in [0.05, 0.1) is 30.9 Å². The van der Waals surface area contributed by atoms with Crippen molar-refractivity contribution in [1.82, 2.24) is 4.90 Å². The Labute approximate surface area is 163 Å². The second-order valence-electron chi connectivity index (χ2n) is 6.16. The Morgan fingerprint density at radius 1 is 1.11 bits per heavy atom. The van der Waals surface area contributed by atoms with Crippen molar-refractivity contribution in [3.05, 3.63) is 54.3 Å². The average molecular weight is 408 g/mol. The molecule has 150 valence electrons. The summed E-state index contributed by atoms with van der Waals surface area (Å²) in [7, 11) is -2.57. The number of benzene rings is 2. The standard InChI is InChI=1S/C19H21FN2O5S/c1-26-17-6-8-18(9-7-17)28(24,25)22(16-4-2-15(20)3-5-16)14-19(23)21-10-12-27-13-11-21/h2-9H,10-14H2,1H3. The second kappa shape index (κ2) is 8.57. The Bertz CT molecular complexity index is 910. The highest BCUT2D eigenvalue weighted by Gasteiger charge is 2.29. The molecule has 9 heteroatoms. The van der Waals surface area contributed by atoms with Gasteiger partial charge in [-0.25, -0.2) is 12.8 Å². The topological polar surface area (TPSA) is 76.2 Å². The number of hydrogen-bond donors (Lipinski definition) is 0. The van der Waals surface area contributed by atoms with Crippen LogP contribution in [0.3, 0.4) is 0 Å². The molecular formula is C19H21FN2O5S. The number of ether oxygens (including phenoxy) is 2. The molecule has 1 heterocycles. The first-order chi connectivity index (χ1) is 13.4. The van der Waals surface area contributed by atoms with Gasteiger partial charge < -0.3 is 14.4 Å². The van der Waals surface area contributed by atoms with Crippen LogP contribution in [0, 0.1) is 5.82 Å². The molecule has 0 aromatic heterocycles. The van der Waals surface area contributed by atoms with E-state index < -0.39 is 15.8 Å². The number of methoxy groups -OCH3 is 1. The maximum absolute atomic E-state index is 13.3. The predicted octanol–water partition coefficient (Wildman–Crippen LogP) is 1.89.